The van der Waals surface area contributed by atoms with E-state index in [9.17, 15) is 0 Å². The number of hydrazone groups is 1. The second-order valence-corrected chi connectivity index (χ2v) is 4.03. The Hall–Kier alpha value is -0.570. The van der Waals surface area contributed by atoms with Gasteiger partial charge < -0.3 is 0 Å². The molecule has 0 atom stereocenters. The van der Waals surface area contributed by atoms with E-state index in [-0.39, 0.29) is 0 Å². The Kier molecular flexibility index (Phi) is 12.9. The fourth-order valence-electron chi connectivity index (χ4n) is 1.65. The number of nitrogens with zero attached hydrogens (tertiary/aromatic N) is 1. The number of unbranched alkanes of at least 4 members (excludes halogenated alkanes) is 9. The lowest BCUT2D eigenvalue weighted by atomic mass is 10.1. The van der Waals surface area contributed by atoms with Gasteiger partial charge in [-0.05, 0) is 12.8 Å². The van der Waals surface area contributed by atoms with Gasteiger partial charge in [0, 0.05) is 6.21 Å². The molecule has 0 fully saturated rings. The van der Waals surface area contributed by atoms with Gasteiger partial charge in [-0.25, -0.2) is 0 Å². The van der Waals surface area contributed by atoms with Crippen molar-refractivity contribution in [2.45, 2.75) is 71.1 Å². The number of nitrogens with one attached hydrogen (secondary N) is 1. The van der Waals surface area contributed by atoms with E-state index in [1.807, 2.05) is 0 Å². The Morgan fingerprint density at radius 1 is 0.933 bits per heavy atom. The Labute approximate surface area is 93.9 Å². The average Bonchev–Trinajstić information content (AvgIpc) is 2.26. The van der Waals surface area contributed by atoms with Gasteiger partial charge in [0.2, 0.25) is 0 Å². The molecule has 0 unspecified atom stereocenters. The summed E-state index contributed by atoms with van der Waals surface area (Å²) in [5.41, 5.74) is 1.77. The van der Waals surface area contributed by atoms with Gasteiger partial charge in [0.25, 0.3) is 0 Å². The molecular weight excluding hydrogens is 188 g/mol. The maximum absolute atomic E-state index is 8.16. The van der Waals surface area contributed by atoms with E-state index >= 15 is 0 Å². The van der Waals surface area contributed by atoms with Crippen LogP contribution in [-0.4, -0.2) is 11.4 Å². The maximum atomic E-state index is 8.16. The van der Waals surface area contributed by atoms with Gasteiger partial charge >= 0.3 is 0 Å². The van der Waals surface area contributed by atoms with E-state index in [1.165, 1.54) is 57.8 Å². The van der Waals surface area contributed by atoms with Gasteiger partial charge in [0.1, 0.15) is 0 Å². The number of hydrogen-bond donors (Lipinski definition) is 2. The number of rotatable bonds is 11. The average molecular weight is 214 g/mol. The molecule has 0 aromatic heterocycles. The summed E-state index contributed by atoms with van der Waals surface area (Å²) in [4.78, 5) is 0. The quantitative estimate of drug-likeness (QED) is 0.311. The summed E-state index contributed by atoms with van der Waals surface area (Å²) in [6.45, 7) is 2.25. The van der Waals surface area contributed by atoms with E-state index in [0.29, 0.717) is 0 Å². The van der Waals surface area contributed by atoms with Crippen LogP contribution in [0.1, 0.15) is 71.1 Å². The van der Waals surface area contributed by atoms with Crippen molar-refractivity contribution in [2.24, 2.45) is 5.10 Å². The molecule has 0 aliphatic rings. The van der Waals surface area contributed by atoms with E-state index < -0.39 is 0 Å². The van der Waals surface area contributed by atoms with Crippen LogP contribution in [0.2, 0.25) is 0 Å². The zero-order valence-corrected chi connectivity index (χ0v) is 10.0. The fraction of sp³-hybridized carbons (Fsp3) is 0.917. The normalized spacial score (nSPS) is 11.1. The Morgan fingerprint density at radius 2 is 1.47 bits per heavy atom. The summed E-state index contributed by atoms with van der Waals surface area (Å²) < 4.78 is 0. The summed E-state index contributed by atoms with van der Waals surface area (Å²) >= 11 is 0. The van der Waals surface area contributed by atoms with Crippen molar-refractivity contribution in [3.63, 3.8) is 0 Å². The molecule has 0 heterocycles. The highest BCUT2D eigenvalue weighted by Crippen LogP contribution is 2.09. The largest absolute Gasteiger partial charge is 0.274 e. The molecule has 0 saturated heterocycles. The van der Waals surface area contributed by atoms with Gasteiger partial charge in [0.15, 0.2) is 0 Å². The smallest absolute Gasteiger partial charge is 0.0267 e. The van der Waals surface area contributed by atoms with Crippen LogP contribution in [0.4, 0.5) is 0 Å². The van der Waals surface area contributed by atoms with Crippen LogP contribution >= 0.6 is 0 Å². The molecule has 0 aromatic carbocycles. The summed E-state index contributed by atoms with van der Waals surface area (Å²) in [6, 6.07) is 0. The van der Waals surface area contributed by atoms with Crippen molar-refractivity contribution >= 4 is 6.21 Å². The third-order valence-electron chi connectivity index (χ3n) is 2.59. The minimum Gasteiger partial charge on any atom is -0.274 e. The lowest BCUT2D eigenvalue weighted by Crippen LogP contribution is -1.94. The van der Waals surface area contributed by atoms with Crippen molar-refractivity contribution < 1.29 is 5.21 Å². The van der Waals surface area contributed by atoms with Crippen LogP contribution in [0.5, 0.6) is 0 Å². The van der Waals surface area contributed by atoms with Gasteiger partial charge in [-0.2, -0.15) is 10.7 Å². The van der Waals surface area contributed by atoms with Crippen molar-refractivity contribution in [1.29, 1.82) is 0 Å². The second kappa shape index (κ2) is 13.4. The van der Waals surface area contributed by atoms with Crippen LogP contribution in [0, 0.1) is 0 Å². The van der Waals surface area contributed by atoms with E-state index in [2.05, 4.69) is 12.0 Å². The molecule has 15 heavy (non-hydrogen) atoms. The topological polar surface area (TPSA) is 44.6 Å². The highest BCUT2D eigenvalue weighted by molar-refractivity contribution is 5.56. The molecule has 0 spiro atoms. The summed E-state index contributed by atoms with van der Waals surface area (Å²) in [6.07, 6.45) is 14.8. The van der Waals surface area contributed by atoms with Crippen molar-refractivity contribution in [1.82, 2.24) is 5.59 Å². The van der Waals surface area contributed by atoms with Crippen LogP contribution in [0.3, 0.4) is 0 Å². The SMILES string of the molecule is CCCCCCCCCCCC=NNO. The predicted octanol–water partition coefficient (Wildman–Crippen LogP) is 3.87. The molecular formula is C12H26N2O. The molecule has 0 aromatic rings. The highest BCUT2D eigenvalue weighted by Gasteiger charge is 1.91. The first-order chi connectivity index (χ1) is 7.41. The zero-order valence-electron chi connectivity index (χ0n) is 10.0. The van der Waals surface area contributed by atoms with E-state index in [1.54, 1.807) is 11.8 Å². The van der Waals surface area contributed by atoms with Crippen LogP contribution in [0.25, 0.3) is 0 Å². The number of hydrogen-bond acceptors (Lipinski definition) is 3. The zero-order chi connectivity index (χ0) is 11.2. The first-order valence-electron chi connectivity index (χ1n) is 6.32. The van der Waals surface area contributed by atoms with Crippen LogP contribution < -0.4 is 5.59 Å². The van der Waals surface area contributed by atoms with E-state index in [4.69, 9.17) is 5.21 Å². The third kappa shape index (κ3) is 13.4. The standard InChI is InChI=1S/C12H26N2O/c1-2-3-4-5-6-7-8-9-10-11-12-13-14-15/h12,14-15H,2-11H2,1H3. The van der Waals surface area contributed by atoms with Gasteiger partial charge in [-0.3, -0.25) is 5.21 Å². The fourth-order valence-corrected chi connectivity index (χ4v) is 1.65. The molecule has 0 bridgehead atoms. The summed E-state index contributed by atoms with van der Waals surface area (Å²) in [5, 5.41) is 11.7. The lowest BCUT2D eigenvalue weighted by molar-refractivity contribution is 0.172. The van der Waals surface area contributed by atoms with Gasteiger partial charge in [0.05, 0.1) is 0 Å². The Bertz CT molecular complexity index is 138. The van der Waals surface area contributed by atoms with Crippen molar-refractivity contribution in [3.8, 4) is 0 Å². The molecule has 2 N–H and O–H groups in total. The molecule has 90 valence electrons. The lowest BCUT2D eigenvalue weighted by Gasteiger charge is -2.00. The monoisotopic (exact) mass is 214 g/mol. The molecule has 0 rings (SSSR count). The minimum atomic E-state index is 0.962. The Morgan fingerprint density at radius 3 is 2.00 bits per heavy atom. The first-order valence-corrected chi connectivity index (χ1v) is 6.32. The first kappa shape index (κ1) is 14.4. The van der Waals surface area contributed by atoms with E-state index in [0.717, 1.165) is 6.42 Å². The highest BCUT2D eigenvalue weighted by atomic mass is 16.5. The van der Waals surface area contributed by atoms with Crippen molar-refractivity contribution in [2.75, 3.05) is 0 Å². The Balaban J connectivity index is 2.89. The van der Waals surface area contributed by atoms with Crippen LogP contribution in [-0.2, 0) is 0 Å². The molecule has 3 heteroatoms. The predicted molar refractivity (Wildman–Crippen MR) is 65.3 cm³/mol. The molecule has 0 radical (unpaired) electrons. The van der Waals surface area contributed by atoms with Crippen LogP contribution in [0.15, 0.2) is 5.10 Å². The second-order valence-electron chi connectivity index (χ2n) is 4.03. The molecule has 0 aliphatic carbocycles. The maximum Gasteiger partial charge on any atom is 0.0267 e. The van der Waals surface area contributed by atoms with Gasteiger partial charge in [-0.15, -0.1) is 0 Å². The molecule has 3 nitrogen and oxygen atoms in total. The third-order valence-corrected chi connectivity index (χ3v) is 2.59. The van der Waals surface area contributed by atoms with Gasteiger partial charge in [-0.1, -0.05) is 58.3 Å². The van der Waals surface area contributed by atoms with Crippen molar-refractivity contribution in [3.05, 3.63) is 0 Å². The molecule has 0 saturated carbocycles. The molecule has 0 aliphatic heterocycles. The summed E-state index contributed by atoms with van der Waals surface area (Å²) in [7, 11) is 0. The minimum absolute atomic E-state index is 0.962. The molecule has 0 amide bonds. The summed E-state index contributed by atoms with van der Waals surface area (Å²) in [5.74, 6) is 0.